The maximum Gasteiger partial charge on any atom is 0.243 e. The Hall–Kier alpha value is -2.16. The van der Waals surface area contributed by atoms with Crippen molar-refractivity contribution in [3.8, 4) is 11.5 Å². The van der Waals surface area contributed by atoms with Gasteiger partial charge in [-0.25, -0.2) is 8.42 Å². The van der Waals surface area contributed by atoms with Crippen LogP contribution in [0.3, 0.4) is 0 Å². The van der Waals surface area contributed by atoms with Crippen LogP contribution in [-0.4, -0.2) is 45.9 Å². The SMILES string of the molecule is C[C@H](C(=O)NC[C@H]1COc2ccccc2O1)N(c1ccc(Cl)c(Cl)c1)S(C)(=O)=O. The molecule has 0 radical (unpaired) electrons. The van der Waals surface area contributed by atoms with Gasteiger partial charge in [-0.15, -0.1) is 0 Å². The van der Waals surface area contributed by atoms with Crippen LogP contribution in [0.25, 0.3) is 0 Å². The minimum Gasteiger partial charge on any atom is -0.486 e. The third-order valence-corrected chi connectivity index (χ3v) is 6.30. The third kappa shape index (κ3) is 5.07. The van der Waals surface area contributed by atoms with Crippen molar-refractivity contribution in [3.05, 3.63) is 52.5 Å². The zero-order valence-electron chi connectivity index (χ0n) is 15.8. The van der Waals surface area contributed by atoms with Gasteiger partial charge in [-0.05, 0) is 37.3 Å². The minimum absolute atomic E-state index is 0.163. The highest BCUT2D eigenvalue weighted by Gasteiger charge is 2.30. The van der Waals surface area contributed by atoms with Crippen molar-refractivity contribution < 1.29 is 22.7 Å². The summed E-state index contributed by atoms with van der Waals surface area (Å²) in [5.41, 5.74) is 0.246. The molecule has 0 unspecified atom stereocenters. The summed E-state index contributed by atoms with van der Waals surface area (Å²) in [7, 11) is -3.76. The molecule has 1 amide bonds. The monoisotopic (exact) mass is 458 g/mol. The number of carbonyl (C=O) groups is 1. The van der Waals surface area contributed by atoms with Crippen LogP contribution in [-0.2, 0) is 14.8 Å². The first-order valence-electron chi connectivity index (χ1n) is 8.77. The van der Waals surface area contributed by atoms with Crippen molar-refractivity contribution >= 4 is 44.8 Å². The van der Waals surface area contributed by atoms with E-state index in [1.165, 1.54) is 25.1 Å². The van der Waals surface area contributed by atoms with Crippen molar-refractivity contribution in [3.63, 3.8) is 0 Å². The molecule has 7 nitrogen and oxygen atoms in total. The number of carbonyl (C=O) groups excluding carboxylic acids is 1. The first-order valence-corrected chi connectivity index (χ1v) is 11.4. The third-order valence-electron chi connectivity index (χ3n) is 4.32. The molecule has 3 rings (SSSR count). The number of para-hydroxylation sites is 2. The second-order valence-corrected chi connectivity index (χ2v) is 9.25. The molecule has 0 fully saturated rings. The predicted molar refractivity (Wildman–Crippen MR) is 113 cm³/mol. The second-order valence-electron chi connectivity index (χ2n) is 6.58. The van der Waals surface area contributed by atoms with Gasteiger partial charge < -0.3 is 14.8 Å². The molecule has 10 heteroatoms. The lowest BCUT2D eigenvalue weighted by Gasteiger charge is -2.30. The van der Waals surface area contributed by atoms with Crippen molar-refractivity contribution in [1.82, 2.24) is 5.32 Å². The molecule has 0 aromatic heterocycles. The molecule has 1 heterocycles. The molecular formula is C19H20Cl2N2O5S. The summed E-state index contributed by atoms with van der Waals surface area (Å²) in [4.78, 5) is 12.7. The van der Waals surface area contributed by atoms with Crippen LogP contribution in [0.4, 0.5) is 5.69 Å². The van der Waals surface area contributed by atoms with Crippen molar-refractivity contribution in [2.45, 2.75) is 19.1 Å². The number of hydrogen-bond acceptors (Lipinski definition) is 5. The fraction of sp³-hybridized carbons (Fsp3) is 0.316. The number of rotatable bonds is 6. The normalized spacial score (nSPS) is 16.8. The molecule has 2 aromatic rings. The van der Waals surface area contributed by atoms with Gasteiger partial charge in [0.2, 0.25) is 15.9 Å². The predicted octanol–water partition coefficient (Wildman–Crippen LogP) is 3.10. The number of halogens is 2. The van der Waals surface area contributed by atoms with Crippen LogP contribution in [0.5, 0.6) is 11.5 Å². The van der Waals surface area contributed by atoms with E-state index in [0.29, 0.717) is 11.5 Å². The number of nitrogens with one attached hydrogen (secondary N) is 1. The zero-order chi connectivity index (χ0) is 21.2. The Labute approximate surface area is 179 Å². The van der Waals surface area contributed by atoms with E-state index < -0.39 is 28.1 Å². The molecule has 0 spiro atoms. The number of fused-ring (bicyclic) bond motifs is 1. The van der Waals surface area contributed by atoms with Gasteiger partial charge in [0.15, 0.2) is 11.5 Å². The summed E-state index contributed by atoms with van der Waals surface area (Å²) in [5, 5.41) is 3.20. The lowest BCUT2D eigenvalue weighted by atomic mass is 10.2. The quantitative estimate of drug-likeness (QED) is 0.718. The highest BCUT2D eigenvalue weighted by Crippen LogP contribution is 2.31. The number of amides is 1. The molecule has 0 saturated heterocycles. The summed E-state index contributed by atoms with van der Waals surface area (Å²) in [6.07, 6.45) is 0.631. The average molecular weight is 459 g/mol. The van der Waals surface area contributed by atoms with Gasteiger partial charge in [0.1, 0.15) is 18.8 Å². The number of benzene rings is 2. The Kier molecular flexibility index (Phi) is 6.45. The van der Waals surface area contributed by atoms with Crippen molar-refractivity contribution in [1.29, 1.82) is 0 Å². The fourth-order valence-electron chi connectivity index (χ4n) is 2.96. The number of nitrogens with zero attached hydrogens (tertiary/aromatic N) is 1. The van der Waals surface area contributed by atoms with E-state index in [-0.39, 0.29) is 28.9 Å². The molecule has 0 aliphatic carbocycles. The molecule has 1 N–H and O–H groups in total. The van der Waals surface area contributed by atoms with Gasteiger partial charge in [0.25, 0.3) is 0 Å². The summed E-state index contributed by atoms with van der Waals surface area (Å²) >= 11 is 11.9. The van der Waals surface area contributed by atoms with E-state index in [1.54, 1.807) is 12.1 Å². The Morgan fingerprint density at radius 3 is 2.55 bits per heavy atom. The summed E-state index contributed by atoms with van der Waals surface area (Å²) in [5.74, 6) is 0.759. The van der Waals surface area contributed by atoms with Crippen LogP contribution in [0.1, 0.15) is 6.92 Å². The Balaban J connectivity index is 1.69. The van der Waals surface area contributed by atoms with E-state index in [2.05, 4.69) is 5.32 Å². The topological polar surface area (TPSA) is 84.9 Å². The average Bonchev–Trinajstić information content (AvgIpc) is 2.67. The first kappa shape index (κ1) is 21.5. The van der Waals surface area contributed by atoms with E-state index >= 15 is 0 Å². The van der Waals surface area contributed by atoms with Crippen LogP contribution in [0, 0.1) is 0 Å². The maximum absolute atomic E-state index is 12.7. The number of hydrogen-bond donors (Lipinski definition) is 1. The molecule has 156 valence electrons. The Morgan fingerprint density at radius 2 is 1.90 bits per heavy atom. The van der Waals surface area contributed by atoms with Gasteiger partial charge in [-0.1, -0.05) is 35.3 Å². The summed E-state index contributed by atoms with van der Waals surface area (Å²) in [6, 6.07) is 10.6. The summed E-state index contributed by atoms with van der Waals surface area (Å²) < 4.78 is 37.1. The van der Waals surface area contributed by atoms with Crippen LogP contribution in [0.15, 0.2) is 42.5 Å². The molecule has 29 heavy (non-hydrogen) atoms. The lowest BCUT2D eigenvalue weighted by molar-refractivity contribution is -0.122. The van der Waals surface area contributed by atoms with Crippen LogP contribution in [0.2, 0.25) is 10.0 Å². The van der Waals surface area contributed by atoms with E-state index in [0.717, 1.165) is 10.6 Å². The van der Waals surface area contributed by atoms with Gasteiger partial charge in [0.05, 0.1) is 28.5 Å². The first-order chi connectivity index (χ1) is 13.7. The number of ether oxygens (including phenoxy) is 2. The molecule has 1 aliphatic heterocycles. The number of sulfonamides is 1. The highest BCUT2D eigenvalue weighted by molar-refractivity contribution is 7.92. The standard InChI is InChI=1S/C19H20Cl2N2O5S/c1-12(23(29(2,25)26)13-7-8-15(20)16(21)9-13)19(24)22-10-14-11-27-17-5-3-4-6-18(17)28-14/h3-9,12,14H,10-11H2,1-2H3,(H,22,24)/t12-,14+/m1/s1. The Bertz CT molecular complexity index is 1020. The molecule has 0 bridgehead atoms. The van der Waals surface area contributed by atoms with Gasteiger partial charge >= 0.3 is 0 Å². The van der Waals surface area contributed by atoms with Crippen molar-refractivity contribution in [2.24, 2.45) is 0 Å². The van der Waals surface area contributed by atoms with Gasteiger partial charge in [-0.2, -0.15) is 0 Å². The lowest BCUT2D eigenvalue weighted by Crippen LogP contribution is -2.50. The fourth-order valence-corrected chi connectivity index (χ4v) is 4.42. The highest BCUT2D eigenvalue weighted by atomic mass is 35.5. The summed E-state index contributed by atoms with van der Waals surface area (Å²) in [6.45, 7) is 1.93. The molecular weight excluding hydrogens is 439 g/mol. The largest absolute Gasteiger partial charge is 0.486 e. The van der Waals surface area contributed by atoms with E-state index in [1.807, 2.05) is 12.1 Å². The second kappa shape index (κ2) is 8.69. The number of anilines is 1. The molecule has 2 aromatic carbocycles. The van der Waals surface area contributed by atoms with Crippen LogP contribution >= 0.6 is 23.2 Å². The van der Waals surface area contributed by atoms with E-state index in [4.69, 9.17) is 32.7 Å². The van der Waals surface area contributed by atoms with Crippen LogP contribution < -0.4 is 19.1 Å². The molecule has 0 saturated carbocycles. The van der Waals surface area contributed by atoms with Gasteiger partial charge in [-0.3, -0.25) is 9.10 Å². The zero-order valence-corrected chi connectivity index (χ0v) is 18.1. The van der Waals surface area contributed by atoms with Crippen molar-refractivity contribution in [2.75, 3.05) is 23.7 Å². The minimum atomic E-state index is -3.76. The maximum atomic E-state index is 12.7. The smallest absolute Gasteiger partial charge is 0.243 e. The van der Waals surface area contributed by atoms with Gasteiger partial charge in [0, 0.05) is 0 Å². The molecule has 1 aliphatic rings. The molecule has 2 atom stereocenters. The Morgan fingerprint density at radius 1 is 1.21 bits per heavy atom. The van der Waals surface area contributed by atoms with E-state index in [9.17, 15) is 13.2 Å².